The number of benzene rings is 2. The van der Waals surface area contributed by atoms with Gasteiger partial charge in [-0.2, -0.15) is 26.3 Å². The van der Waals surface area contributed by atoms with Crippen molar-refractivity contribution < 1.29 is 31.1 Å². The summed E-state index contributed by atoms with van der Waals surface area (Å²) in [6.07, 6.45) is -9.78. The van der Waals surface area contributed by atoms with Gasteiger partial charge in [0, 0.05) is 11.1 Å². The third kappa shape index (κ3) is 4.44. The molecule has 2 rings (SSSR count). The second-order valence-electron chi connectivity index (χ2n) is 4.77. The van der Waals surface area contributed by atoms with Gasteiger partial charge in [-0.05, 0) is 42.5 Å². The number of alkyl halides is 6. The Morgan fingerprint density at radius 1 is 0.708 bits per heavy atom. The first kappa shape index (κ1) is 17.7. The van der Waals surface area contributed by atoms with Crippen molar-refractivity contribution in [3.63, 3.8) is 0 Å². The van der Waals surface area contributed by atoms with Gasteiger partial charge in [0.2, 0.25) is 0 Å². The Labute approximate surface area is 133 Å². The Morgan fingerprint density at radius 2 is 1.17 bits per heavy atom. The quantitative estimate of drug-likeness (QED) is 0.515. The molecule has 2 aromatic carbocycles. The van der Waals surface area contributed by atoms with Crippen LogP contribution in [0.2, 0.25) is 0 Å². The highest BCUT2D eigenvalue weighted by molar-refractivity contribution is 5.47. The van der Waals surface area contributed by atoms with Crippen LogP contribution in [0.4, 0.5) is 26.3 Å². The molecule has 0 heterocycles. The van der Waals surface area contributed by atoms with E-state index in [1.807, 2.05) is 0 Å². The third-order valence-electron chi connectivity index (χ3n) is 3.03. The van der Waals surface area contributed by atoms with Crippen LogP contribution in [0.25, 0.3) is 0 Å². The maximum Gasteiger partial charge on any atom is 0.416 e. The average Bonchev–Trinajstić information content (AvgIpc) is 2.51. The molecule has 0 amide bonds. The summed E-state index contributed by atoms with van der Waals surface area (Å²) in [5.74, 6) is 5.42. The predicted octanol–water partition coefficient (Wildman–Crippen LogP) is 5.13. The van der Waals surface area contributed by atoms with E-state index < -0.39 is 23.5 Å². The molecule has 2 aromatic rings. The van der Waals surface area contributed by atoms with E-state index in [2.05, 4.69) is 11.8 Å². The minimum Gasteiger partial charge on any atom is -0.497 e. The van der Waals surface area contributed by atoms with E-state index in [0.717, 1.165) is 0 Å². The topological polar surface area (TPSA) is 9.23 Å². The molecule has 126 valence electrons. The molecule has 0 aliphatic heterocycles. The first-order chi connectivity index (χ1) is 11.1. The van der Waals surface area contributed by atoms with Gasteiger partial charge in [0.05, 0.1) is 18.2 Å². The van der Waals surface area contributed by atoms with Gasteiger partial charge >= 0.3 is 12.4 Å². The second-order valence-corrected chi connectivity index (χ2v) is 4.77. The molecule has 0 aliphatic rings. The van der Waals surface area contributed by atoms with Crippen LogP contribution < -0.4 is 4.74 Å². The number of rotatable bonds is 1. The molecule has 7 heteroatoms. The highest BCUT2D eigenvalue weighted by atomic mass is 19.4. The van der Waals surface area contributed by atoms with Gasteiger partial charge in [-0.3, -0.25) is 0 Å². The Kier molecular flexibility index (Phi) is 4.78. The van der Waals surface area contributed by atoms with E-state index in [0.29, 0.717) is 23.4 Å². The average molecular weight is 344 g/mol. The zero-order valence-corrected chi connectivity index (χ0v) is 12.2. The summed E-state index contributed by atoms with van der Waals surface area (Å²) in [6, 6.07) is 7.50. The minimum absolute atomic E-state index is 0.0680. The van der Waals surface area contributed by atoms with Gasteiger partial charge in [0.1, 0.15) is 5.75 Å². The molecule has 0 aliphatic carbocycles. The zero-order valence-electron chi connectivity index (χ0n) is 12.2. The summed E-state index contributed by atoms with van der Waals surface area (Å²) < 4.78 is 81.5. The van der Waals surface area contributed by atoms with E-state index in [1.165, 1.54) is 7.11 Å². The molecule has 0 saturated carbocycles. The van der Waals surface area contributed by atoms with Gasteiger partial charge in [0.15, 0.2) is 0 Å². The summed E-state index contributed by atoms with van der Waals surface area (Å²) in [4.78, 5) is 0. The molecule has 0 spiro atoms. The lowest BCUT2D eigenvalue weighted by atomic mass is 10.0. The lowest BCUT2D eigenvalue weighted by Gasteiger charge is -2.12. The van der Waals surface area contributed by atoms with Crippen molar-refractivity contribution >= 4 is 0 Å². The summed E-state index contributed by atoms with van der Waals surface area (Å²) in [7, 11) is 1.46. The molecule has 0 fully saturated rings. The van der Waals surface area contributed by atoms with E-state index in [1.54, 1.807) is 24.3 Å². The van der Waals surface area contributed by atoms with E-state index in [-0.39, 0.29) is 11.6 Å². The fourth-order valence-corrected chi connectivity index (χ4v) is 1.85. The lowest BCUT2D eigenvalue weighted by Crippen LogP contribution is -2.11. The van der Waals surface area contributed by atoms with Crippen molar-refractivity contribution in [2.75, 3.05) is 7.11 Å². The Bertz CT molecular complexity index is 744. The molecule has 0 bridgehead atoms. The molecule has 0 atom stereocenters. The highest BCUT2D eigenvalue weighted by Crippen LogP contribution is 2.36. The number of methoxy groups -OCH3 is 1. The number of ether oxygens (including phenoxy) is 1. The van der Waals surface area contributed by atoms with E-state index in [9.17, 15) is 26.3 Å². The number of hydrogen-bond donors (Lipinski definition) is 0. The Morgan fingerprint density at radius 3 is 1.58 bits per heavy atom. The molecule has 0 unspecified atom stereocenters. The van der Waals surface area contributed by atoms with Gasteiger partial charge in [-0.25, -0.2) is 0 Å². The fraction of sp³-hybridized carbons (Fsp3) is 0.176. The molecular weight excluding hydrogens is 334 g/mol. The van der Waals surface area contributed by atoms with Crippen LogP contribution >= 0.6 is 0 Å². The first-order valence-corrected chi connectivity index (χ1v) is 6.55. The van der Waals surface area contributed by atoms with Crippen molar-refractivity contribution in [3.05, 3.63) is 64.7 Å². The standard InChI is InChI=1S/C17H10F6O/c1-24-15-6-4-11(5-7-15)2-3-12-8-13(16(18,19)20)10-14(9-12)17(21,22)23/h4-10H,1H3. The summed E-state index contributed by atoms with van der Waals surface area (Å²) >= 11 is 0. The highest BCUT2D eigenvalue weighted by Gasteiger charge is 2.36. The van der Waals surface area contributed by atoms with Crippen molar-refractivity contribution in [2.24, 2.45) is 0 Å². The van der Waals surface area contributed by atoms with E-state index >= 15 is 0 Å². The monoisotopic (exact) mass is 344 g/mol. The third-order valence-corrected chi connectivity index (χ3v) is 3.03. The van der Waals surface area contributed by atoms with Gasteiger partial charge < -0.3 is 4.74 Å². The maximum absolute atomic E-state index is 12.8. The first-order valence-electron chi connectivity index (χ1n) is 6.55. The van der Waals surface area contributed by atoms with Gasteiger partial charge in [-0.1, -0.05) is 11.8 Å². The lowest BCUT2D eigenvalue weighted by molar-refractivity contribution is -0.143. The van der Waals surface area contributed by atoms with Crippen LogP contribution in [-0.4, -0.2) is 7.11 Å². The van der Waals surface area contributed by atoms with Crippen molar-refractivity contribution in [1.82, 2.24) is 0 Å². The maximum atomic E-state index is 12.8. The van der Waals surface area contributed by atoms with Crippen molar-refractivity contribution in [2.45, 2.75) is 12.4 Å². The molecular formula is C17H10F6O. The molecule has 0 N–H and O–H groups in total. The molecule has 0 aromatic heterocycles. The Balaban J connectivity index is 2.44. The number of halogens is 6. The minimum atomic E-state index is -4.89. The molecule has 24 heavy (non-hydrogen) atoms. The largest absolute Gasteiger partial charge is 0.497 e. The van der Waals surface area contributed by atoms with Crippen LogP contribution in [0.15, 0.2) is 42.5 Å². The number of hydrogen-bond acceptors (Lipinski definition) is 1. The molecule has 0 radical (unpaired) electrons. The van der Waals surface area contributed by atoms with Crippen LogP contribution in [0.5, 0.6) is 5.75 Å². The summed E-state index contributed by atoms with van der Waals surface area (Å²) in [5.41, 5.74) is -2.72. The van der Waals surface area contributed by atoms with Gasteiger partial charge in [-0.15, -0.1) is 0 Å². The summed E-state index contributed by atoms with van der Waals surface area (Å²) in [6.45, 7) is 0. The van der Waals surface area contributed by atoms with E-state index in [4.69, 9.17) is 4.74 Å². The SMILES string of the molecule is COc1ccc(C#Cc2cc(C(F)(F)F)cc(C(F)(F)F)c2)cc1. The van der Waals surface area contributed by atoms with Crippen LogP contribution in [-0.2, 0) is 12.4 Å². The summed E-state index contributed by atoms with van der Waals surface area (Å²) in [5, 5.41) is 0. The zero-order chi connectivity index (χ0) is 18.0. The van der Waals surface area contributed by atoms with Crippen LogP contribution in [0, 0.1) is 11.8 Å². The fourth-order valence-electron chi connectivity index (χ4n) is 1.85. The predicted molar refractivity (Wildman–Crippen MR) is 75.4 cm³/mol. The van der Waals surface area contributed by atoms with Crippen molar-refractivity contribution in [3.8, 4) is 17.6 Å². The molecule has 0 saturated heterocycles. The van der Waals surface area contributed by atoms with Crippen LogP contribution in [0.1, 0.15) is 22.3 Å². The van der Waals surface area contributed by atoms with Crippen molar-refractivity contribution in [1.29, 1.82) is 0 Å². The smallest absolute Gasteiger partial charge is 0.416 e. The second kappa shape index (κ2) is 6.48. The Hall–Kier alpha value is -2.62. The van der Waals surface area contributed by atoms with Gasteiger partial charge in [0.25, 0.3) is 0 Å². The normalized spacial score (nSPS) is 11.6. The van der Waals surface area contributed by atoms with Crippen LogP contribution in [0.3, 0.4) is 0 Å². The molecule has 1 nitrogen and oxygen atoms in total.